The maximum atomic E-state index is 5.76. The zero-order valence-electron chi connectivity index (χ0n) is 10.8. The van der Waals surface area contributed by atoms with Crippen molar-refractivity contribution in [3.05, 3.63) is 36.9 Å². The molecular formula is C15H18N2O2. The van der Waals surface area contributed by atoms with Crippen LogP contribution in [-0.2, 0) is 0 Å². The number of hydrogen-bond donors (Lipinski definition) is 1. The summed E-state index contributed by atoms with van der Waals surface area (Å²) >= 11 is 0. The second-order valence-corrected chi connectivity index (χ2v) is 4.90. The molecule has 1 N–H and O–H groups in total. The number of pyridine rings is 1. The van der Waals surface area contributed by atoms with E-state index in [9.17, 15) is 0 Å². The number of aromatic nitrogens is 1. The van der Waals surface area contributed by atoms with Gasteiger partial charge in [-0.05, 0) is 44.0 Å². The number of nitrogens with zero attached hydrogens (tertiary/aromatic N) is 1. The summed E-state index contributed by atoms with van der Waals surface area (Å²) in [5.41, 5.74) is 2.08. The van der Waals surface area contributed by atoms with Gasteiger partial charge in [0.1, 0.15) is 0 Å². The molecule has 0 unspecified atom stereocenters. The smallest absolute Gasteiger partial charge is 0.213 e. The van der Waals surface area contributed by atoms with Gasteiger partial charge in [-0.3, -0.25) is 0 Å². The first-order valence-electron chi connectivity index (χ1n) is 6.74. The van der Waals surface area contributed by atoms with Crippen molar-refractivity contribution in [2.75, 3.05) is 19.7 Å². The molecule has 3 rings (SSSR count). The van der Waals surface area contributed by atoms with E-state index in [0.29, 0.717) is 11.8 Å². The maximum absolute atomic E-state index is 5.76. The number of furan rings is 1. The Bertz CT molecular complexity index is 487. The first-order chi connectivity index (χ1) is 9.42. The third-order valence-electron chi connectivity index (χ3n) is 3.52. The highest BCUT2D eigenvalue weighted by molar-refractivity contribution is 5.60. The molecule has 100 valence electrons. The van der Waals surface area contributed by atoms with Gasteiger partial charge < -0.3 is 14.5 Å². The van der Waals surface area contributed by atoms with Crippen LogP contribution in [-0.4, -0.2) is 24.7 Å². The zero-order valence-corrected chi connectivity index (χ0v) is 10.8. The lowest BCUT2D eigenvalue weighted by molar-refractivity contribution is 0.209. The molecule has 0 radical (unpaired) electrons. The van der Waals surface area contributed by atoms with Gasteiger partial charge >= 0.3 is 0 Å². The number of rotatable bonds is 4. The normalized spacial score (nSPS) is 16.4. The van der Waals surface area contributed by atoms with Crippen LogP contribution in [0.3, 0.4) is 0 Å². The van der Waals surface area contributed by atoms with Gasteiger partial charge in [0, 0.05) is 23.4 Å². The fourth-order valence-corrected chi connectivity index (χ4v) is 2.32. The van der Waals surface area contributed by atoms with Gasteiger partial charge in [0.05, 0.1) is 19.1 Å². The summed E-state index contributed by atoms with van der Waals surface area (Å²) < 4.78 is 10.8. The Morgan fingerprint density at radius 3 is 2.79 bits per heavy atom. The first kappa shape index (κ1) is 12.2. The maximum Gasteiger partial charge on any atom is 0.213 e. The lowest BCUT2D eigenvalue weighted by Crippen LogP contribution is -2.30. The molecule has 0 aromatic carbocycles. The van der Waals surface area contributed by atoms with Crippen LogP contribution >= 0.6 is 0 Å². The van der Waals surface area contributed by atoms with Crippen molar-refractivity contribution in [3.63, 3.8) is 0 Å². The average Bonchev–Trinajstić information content (AvgIpc) is 3.01. The molecule has 1 fully saturated rings. The molecule has 4 heteroatoms. The first-order valence-corrected chi connectivity index (χ1v) is 6.74. The second-order valence-electron chi connectivity index (χ2n) is 4.90. The van der Waals surface area contributed by atoms with E-state index in [0.717, 1.165) is 30.8 Å². The lowest BCUT2D eigenvalue weighted by atomic mass is 9.99. The van der Waals surface area contributed by atoms with Crippen LogP contribution in [0.2, 0.25) is 0 Å². The van der Waals surface area contributed by atoms with Crippen molar-refractivity contribution in [2.24, 2.45) is 5.92 Å². The van der Waals surface area contributed by atoms with Gasteiger partial charge in [-0.25, -0.2) is 4.98 Å². The van der Waals surface area contributed by atoms with E-state index in [4.69, 9.17) is 9.15 Å². The van der Waals surface area contributed by atoms with Crippen molar-refractivity contribution >= 4 is 0 Å². The summed E-state index contributed by atoms with van der Waals surface area (Å²) in [6.45, 7) is 2.96. The third-order valence-corrected chi connectivity index (χ3v) is 3.52. The SMILES string of the molecule is c1cc(-c2ccc(OCC3CCNCC3)nc2)co1. The highest BCUT2D eigenvalue weighted by Gasteiger charge is 2.13. The molecule has 1 aliphatic rings. The van der Waals surface area contributed by atoms with Crippen molar-refractivity contribution in [2.45, 2.75) is 12.8 Å². The summed E-state index contributed by atoms with van der Waals surface area (Å²) in [6.07, 6.45) is 7.58. The van der Waals surface area contributed by atoms with Gasteiger partial charge in [0.25, 0.3) is 0 Å². The predicted octanol–water partition coefficient (Wildman–Crippen LogP) is 2.72. The summed E-state index contributed by atoms with van der Waals surface area (Å²) in [4.78, 5) is 4.34. The number of hydrogen-bond acceptors (Lipinski definition) is 4. The molecular weight excluding hydrogens is 240 g/mol. The third kappa shape index (κ3) is 3.15. The number of ether oxygens (including phenoxy) is 1. The minimum Gasteiger partial charge on any atom is -0.477 e. The molecule has 1 saturated heterocycles. The molecule has 4 nitrogen and oxygen atoms in total. The van der Waals surface area contributed by atoms with Crippen LogP contribution in [0.25, 0.3) is 11.1 Å². The molecule has 0 atom stereocenters. The van der Waals surface area contributed by atoms with Crippen LogP contribution in [0.5, 0.6) is 5.88 Å². The molecule has 0 bridgehead atoms. The predicted molar refractivity (Wildman–Crippen MR) is 73.0 cm³/mol. The van der Waals surface area contributed by atoms with Gasteiger partial charge in [0.2, 0.25) is 5.88 Å². The van der Waals surface area contributed by atoms with E-state index in [1.165, 1.54) is 12.8 Å². The van der Waals surface area contributed by atoms with Gasteiger partial charge in [-0.15, -0.1) is 0 Å². The monoisotopic (exact) mass is 258 g/mol. The molecule has 0 aliphatic carbocycles. The van der Waals surface area contributed by atoms with E-state index in [1.807, 2.05) is 24.4 Å². The Hall–Kier alpha value is -1.81. The highest BCUT2D eigenvalue weighted by Crippen LogP contribution is 2.21. The molecule has 19 heavy (non-hydrogen) atoms. The standard InChI is InChI=1S/C15H18N2O2/c1-2-15(19-10-12-3-6-16-7-4-12)17-9-13(1)14-5-8-18-11-14/h1-2,5,8-9,11-12,16H,3-4,6-7,10H2. The van der Waals surface area contributed by atoms with E-state index in [2.05, 4.69) is 10.3 Å². The fourth-order valence-electron chi connectivity index (χ4n) is 2.32. The highest BCUT2D eigenvalue weighted by atomic mass is 16.5. The average molecular weight is 258 g/mol. The van der Waals surface area contributed by atoms with E-state index in [-0.39, 0.29) is 0 Å². The minimum atomic E-state index is 0.650. The summed E-state index contributed by atoms with van der Waals surface area (Å²) in [6, 6.07) is 5.85. The minimum absolute atomic E-state index is 0.650. The Kier molecular flexibility index (Phi) is 3.79. The molecule has 3 heterocycles. The second kappa shape index (κ2) is 5.89. The van der Waals surface area contributed by atoms with Crippen molar-refractivity contribution in [3.8, 4) is 17.0 Å². The van der Waals surface area contributed by atoms with Crippen molar-refractivity contribution in [1.82, 2.24) is 10.3 Å². The molecule has 0 amide bonds. The van der Waals surface area contributed by atoms with E-state index >= 15 is 0 Å². The van der Waals surface area contributed by atoms with Crippen LogP contribution in [0.1, 0.15) is 12.8 Å². The van der Waals surface area contributed by atoms with Gasteiger partial charge in [-0.2, -0.15) is 0 Å². The van der Waals surface area contributed by atoms with E-state index in [1.54, 1.807) is 12.5 Å². The summed E-state index contributed by atoms with van der Waals surface area (Å²) in [5.74, 6) is 1.35. The lowest BCUT2D eigenvalue weighted by Gasteiger charge is -2.22. The zero-order chi connectivity index (χ0) is 12.9. The Labute approximate surface area is 112 Å². The Balaban J connectivity index is 1.57. The van der Waals surface area contributed by atoms with Crippen LogP contribution in [0.15, 0.2) is 41.3 Å². The summed E-state index contributed by atoms with van der Waals surface area (Å²) in [5, 5.41) is 3.36. The van der Waals surface area contributed by atoms with Gasteiger partial charge in [0.15, 0.2) is 0 Å². The number of piperidine rings is 1. The number of nitrogens with one attached hydrogen (secondary N) is 1. The van der Waals surface area contributed by atoms with Crippen molar-refractivity contribution < 1.29 is 9.15 Å². The van der Waals surface area contributed by atoms with Crippen LogP contribution in [0.4, 0.5) is 0 Å². The molecule has 2 aromatic rings. The van der Waals surface area contributed by atoms with Crippen LogP contribution < -0.4 is 10.1 Å². The van der Waals surface area contributed by atoms with E-state index < -0.39 is 0 Å². The quantitative estimate of drug-likeness (QED) is 0.916. The van der Waals surface area contributed by atoms with Gasteiger partial charge in [-0.1, -0.05) is 0 Å². The largest absolute Gasteiger partial charge is 0.477 e. The van der Waals surface area contributed by atoms with Crippen molar-refractivity contribution in [1.29, 1.82) is 0 Å². The fraction of sp³-hybridized carbons (Fsp3) is 0.400. The van der Waals surface area contributed by atoms with Crippen LogP contribution in [0, 0.1) is 5.92 Å². The summed E-state index contributed by atoms with van der Waals surface area (Å²) in [7, 11) is 0. The molecule has 2 aromatic heterocycles. The molecule has 1 aliphatic heterocycles. The Morgan fingerprint density at radius 1 is 1.21 bits per heavy atom. The molecule has 0 spiro atoms. The topological polar surface area (TPSA) is 47.3 Å². The molecule has 0 saturated carbocycles. The Morgan fingerprint density at radius 2 is 2.11 bits per heavy atom.